The Labute approximate surface area is 175 Å². The normalized spacial score (nSPS) is 15.7. The summed E-state index contributed by atoms with van der Waals surface area (Å²) in [6.45, 7) is 5.78. The molecule has 1 atom stereocenters. The minimum absolute atomic E-state index is 0.140. The van der Waals surface area contributed by atoms with Crippen LogP contribution in [-0.4, -0.2) is 38.7 Å². The summed E-state index contributed by atoms with van der Waals surface area (Å²) in [6, 6.07) is 6.53. The van der Waals surface area contributed by atoms with Crippen molar-refractivity contribution in [2.75, 3.05) is 29.5 Å². The van der Waals surface area contributed by atoms with Gasteiger partial charge in [-0.2, -0.15) is 10.2 Å². The Kier molecular flexibility index (Phi) is 5.42. The Bertz CT molecular complexity index is 1110. The molecule has 1 saturated heterocycles. The molecular formula is C21H27N9. The highest BCUT2D eigenvalue weighted by Crippen LogP contribution is 2.30. The highest BCUT2D eigenvalue weighted by molar-refractivity contribution is 5.81. The largest absolute Gasteiger partial charge is 0.381 e. The smallest absolute Gasteiger partial charge is 0.222 e. The van der Waals surface area contributed by atoms with Crippen LogP contribution < -0.4 is 21.7 Å². The molecule has 4 heterocycles. The number of nitrogens with zero attached hydrogens (tertiary/aromatic N) is 5. The predicted molar refractivity (Wildman–Crippen MR) is 118 cm³/mol. The van der Waals surface area contributed by atoms with Gasteiger partial charge in [-0.25, -0.2) is 9.97 Å². The van der Waals surface area contributed by atoms with Gasteiger partial charge in [0.1, 0.15) is 17.5 Å². The fraction of sp³-hybridized carbons (Fsp3) is 0.429. The summed E-state index contributed by atoms with van der Waals surface area (Å²) in [6.07, 6.45) is 4.13. The average molecular weight is 406 g/mol. The van der Waals surface area contributed by atoms with E-state index in [1.54, 1.807) is 6.92 Å². The summed E-state index contributed by atoms with van der Waals surface area (Å²) in [4.78, 5) is 13.3. The minimum Gasteiger partial charge on any atom is -0.381 e. The van der Waals surface area contributed by atoms with Gasteiger partial charge in [0, 0.05) is 19.3 Å². The number of hydrogen-bond acceptors (Lipinski definition) is 8. The molecule has 4 rings (SSSR count). The van der Waals surface area contributed by atoms with E-state index in [0.717, 1.165) is 48.3 Å². The first-order chi connectivity index (χ1) is 14.5. The fourth-order valence-corrected chi connectivity index (χ4v) is 3.94. The van der Waals surface area contributed by atoms with Crippen molar-refractivity contribution in [1.29, 1.82) is 5.26 Å². The Balaban J connectivity index is 1.71. The maximum Gasteiger partial charge on any atom is 0.222 e. The lowest BCUT2D eigenvalue weighted by molar-refractivity contribution is 0.478. The first-order valence-corrected chi connectivity index (χ1v) is 10.2. The predicted octanol–water partition coefficient (Wildman–Crippen LogP) is 2.46. The highest BCUT2D eigenvalue weighted by atomic mass is 15.1. The van der Waals surface area contributed by atoms with Crippen LogP contribution in [0.5, 0.6) is 0 Å². The van der Waals surface area contributed by atoms with Gasteiger partial charge in [-0.15, -0.1) is 0 Å². The van der Waals surface area contributed by atoms with Crippen LogP contribution in [0.1, 0.15) is 42.8 Å². The van der Waals surface area contributed by atoms with Gasteiger partial charge >= 0.3 is 0 Å². The first-order valence-electron chi connectivity index (χ1n) is 10.2. The summed E-state index contributed by atoms with van der Waals surface area (Å²) in [5.74, 6) is 0.568. The van der Waals surface area contributed by atoms with Gasteiger partial charge in [-0.3, -0.25) is 0 Å². The van der Waals surface area contributed by atoms with Crippen molar-refractivity contribution >= 4 is 28.5 Å². The second-order valence-corrected chi connectivity index (χ2v) is 7.79. The molecule has 5 N–H and O–H groups in total. The van der Waals surface area contributed by atoms with E-state index in [0.29, 0.717) is 23.1 Å². The minimum atomic E-state index is -0.195. The third kappa shape index (κ3) is 3.86. The van der Waals surface area contributed by atoms with Crippen LogP contribution in [0.25, 0.3) is 11.0 Å². The maximum atomic E-state index is 9.54. The Morgan fingerprint density at radius 3 is 2.80 bits per heavy atom. The van der Waals surface area contributed by atoms with Crippen LogP contribution >= 0.6 is 0 Å². The van der Waals surface area contributed by atoms with Crippen LogP contribution in [-0.2, 0) is 7.05 Å². The van der Waals surface area contributed by atoms with E-state index >= 15 is 0 Å². The number of nitrogens with one attached hydrogen (secondary N) is 3. The fourth-order valence-electron chi connectivity index (χ4n) is 3.94. The van der Waals surface area contributed by atoms with Gasteiger partial charge in [-0.1, -0.05) is 0 Å². The molecule has 1 aliphatic heterocycles. The number of hydrogen-bond donors (Lipinski definition) is 4. The molecule has 1 aliphatic rings. The SMILES string of the molecule is Cc1nc(N)nc(NC(C)c2nc3ccn(C)c3cc2NC2CCNCC2)c1C#N. The van der Waals surface area contributed by atoms with E-state index in [4.69, 9.17) is 10.7 Å². The number of pyridine rings is 1. The molecule has 0 amide bonds. The molecule has 0 aromatic carbocycles. The Morgan fingerprint density at radius 1 is 1.30 bits per heavy atom. The van der Waals surface area contributed by atoms with Crippen molar-refractivity contribution in [3.05, 3.63) is 35.3 Å². The number of rotatable bonds is 5. The average Bonchev–Trinajstić information content (AvgIpc) is 3.08. The lowest BCUT2D eigenvalue weighted by Gasteiger charge is -2.27. The molecule has 0 aliphatic carbocycles. The third-order valence-electron chi connectivity index (χ3n) is 5.58. The van der Waals surface area contributed by atoms with E-state index in [1.165, 1.54) is 0 Å². The Hall–Kier alpha value is -3.38. The molecule has 1 unspecified atom stereocenters. The van der Waals surface area contributed by atoms with Crippen molar-refractivity contribution in [2.45, 2.75) is 38.8 Å². The topological polar surface area (TPSA) is 130 Å². The second-order valence-electron chi connectivity index (χ2n) is 7.79. The first kappa shape index (κ1) is 19.9. The molecule has 3 aromatic rings. The van der Waals surface area contributed by atoms with Crippen LogP contribution in [0.15, 0.2) is 18.3 Å². The van der Waals surface area contributed by atoms with E-state index in [1.807, 2.05) is 26.2 Å². The van der Waals surface area contributed by atoms with Crippen LogP contribution in [0.2, 0.25) is 0 Å². The number of aryl methyl sites for hydroxylation is 2. The number of aromatic nitrogens is 4. The van der Waals surface area contributed by atoms with Crippen LogP contribution in [0.3, 0.4) is 0 Å². The van der Waals surface area contributed by atoms with Crippen molar-refractivity contribution in [3.63, 3.8) is 0 Å². The lowest BCUT2D eigenvalue weighted by Crippen LogP contribution is -2.35. The number of piperidine rings is 1. The molecule has 156 valence electrons. The maximum absolute atomic E-state index is 9.54. The van der Waals surface area contributed by atoms with Crippen molar-refractivity contribution in [1.82, 2.24) is 24.8 Å². The molecular weight excluding hydrogens is 378 g/mol. The number of nitrogen functional groups attached to an aromatic ring is 1. The summed E-state index contributed by atoms with van der Waals surface area (Å²) >= 11 is 0. The van der Waals surface area contributed by atoms with Crippen molar-refractivity contribution < 1.29 is 0 Å². The monoisotopic (exact) mass is 405 g/mol. The molecule has 0 saturated carbocycles. The quantitative estimate of drug-likeness (QED) is 0.509. The van der Waals surface area contributed by atoms with Gasteiger partial charge in [-0.05, 0) is 51.9 Å². The third-order valence-corrected chi connectivity index (χ3v) is 5.58. The number of anilines is 3. The van der Waals surface area contributed by atoms with E-state index < -0.39 is 0 Å². The molecule has 30 heavy (non-hydrogen) atoms. The van der Waals surface area contributed by atoms with Crippen molar-refractivity contribution in [3.8, 4) is 6.07 Å². The van der Waals surface area contributed by atoms with Gasteiger partial charge in [0.2, 0.25) is 5.95 Å². The zero-order valence-corrected chi connectivity index (χ0v) is 17.5. The lowest BCUT2D eigenvalue weighted by atomic mass is 10.0. The van der Waals surface area contributed by atoms with Gasteiger partial charge < -0.3 is 26.3 Å². The van der Waals surface area contributed by atoms with Gasteiger partial charge in [0.05, 0.1) is 34.2 Å². The molecule has 0 spiro atoms. The van der Waals surface area contributed by atoms with Crippen LogP contribution in [0, 0.1) is 18.3 Å². The highest BCUT2D eigenvalue weighted by Gasteiger charge is 2.21. The standard InChI is InChI=1S/C21H27N9/c1-12-15(11-22)20(29-21(23)26-12)25-13(2)19-17(27-14-4-7-24-8-5-14)10-18-16(28-19)6-9-30(18)3/h6,9-10,13-14,24,27H,4-5,7-8H2,1-3H3,(H3,23,25,26,29). The molecule has 1 fully saturated rings. The molecule has 3 aromatic heterocycles. The van der Waals surface area contributed by atoms with Crippen molar-refractivity contribution in [2.24, 2.45) is 7.05 Å². The van der Waals surface area contributed by atoms with Crippen LogP contribution in [0.4, 0.5) is 17.5 Å². The zero-order chi connectivity index (χ0) is 21.3. The van der Waals surface area contributed by atoms with Gasteiger partial charge in [0.25, 0.3) is 0 Å². The summed E-state index contributed by atoms with van der Waals surface area (Å²) in [7, 11) is 2.02. The number of fused-ring (bicyclic) bond motifs is 1. The molecule has 9 heteroatoms. The number of nitriles is 1. The molecule has 0 radical (unpaired) electrons. The van der Waals surface area contributed by atoms with Gasteiger partial charge in [0.15, 0.2) is 0 Å². The number of nitrogens with two attached hydrogens (primary N) is 1. The summed E-state index contributed by atoms with van der Waals surface area (Å²) in [5.41, 5.74) is 10.6. The molecule has 0 bridgehead atoms. The summed E-state index contributed by atoms with van der Waals surface area (Å²) in [5, 5.41) is 20.0. The van der Waals surface area contributed by atoms with E-state index in [-0.39, 0.29) is 12.0 Å². The van der Waals surface area contributed by atoms with E-state index in [9.17, 15) is 5.26 Å². The zero-order valence-electron chi connectivity index (χ0n) is 17.5. The molecule has 9 nitrogen and oxygen atoms in total. The summed E-state index contributed by atoms with van der Waals surface area (Å²) < 4.78 is 2.07. The Morgan fingerprint density at radius 2 is 2.07 bits per heavy atom. The second kappa shape index (κ2) is 8.16. The van der Waals surface area contributed by atoms with E-state index in [2.05, 4.69) is 42.6 Å².